The van der Waals surface area contributed by atoms with Crippen LogP contribution >= 0.6 is 0 Å². The van der Waals surface area contributed by atoms with Crippen LogP contribution in [0.4, 0.5) is 8.78 Å². The van der Waals surface area contributed by atoms with Crippen molar-refractivity contribution >= 4 is 15.9 Å². The topological polar surface area (TPSA) is 103 Å². The highest BCUT2D eigenvalue weighted by molar-refractivity contribution is 7.89. The van der Waals surface area contributed by atoms with Gasteiger partial charge < -0.3 is 10.5 Å². The van der Waals surface area contributed by atoms with Crippen LogP contribution in [0.15, 0.2) is 41.4 Å². The maximum Gasteiger partial charge on any atom is 0.267 e. The molecule has 144 valence electrons. The lowest BCUT2D eigenvalue weighted by molar-refractivity contribution is 0.0993. The average Bonchev–Trinajstić information content (AvgIpc) is 2.61. The predicted octanol–water partition coefficient (Wildman–Crippen LogP) is 1.69. The third-order valence-corrected chi connectivity index (χ3v) is 5.94. The van der Waals surface area contributed by atoms with Gasteiger partial charge in [0.25, 0.3) is 5.91 Å². The van der Waals surface area contributed by atoms with E-state index in [-0.39, 0.29) is 18.8 Å². The molecular formula is C17H17F2N3O4S. The zero-order valence-corrected chi connectivity index (χ0v) is 15.0. The first kappa shape index (κ1) is 19.2. The van der Waals surface area contributed by atoms with Crippen LogP contribution in [0.1, 0.15) is 23.3 Å². The molecule has 0 bridgehead atoms. The number of hydrogen-bond donors (Lipinski definition) is 1. The Hall–Kier alpha value is -2.59. The van der Waals surface area contributed by atoms with Crippen LogP contribution in [-0.4, -0.2) is 42.8 Å². The summed E-state index contributed by atoms with van der Waals surface area (Å²) in [6, 6.07) is 5.08. The molecule has 1 aromatic heterocycles. The van der Waals surface area contributed by atoms with Crippen LogP contribution in [-0.2, 0) is 10.0 Å². The second kappa shape index (κ2) is 7.57. The molecule has 1 saturated heterocycles. The normalized spacial score (nSPS) is 18.2. The molecule has 7 nitrogen and oxygen atoms in total. The zero-order valence-electron chi connectivity index (χ0n) is 14.1. The zero-order chi connectivity index (χ0) is 19.6. The number of pyridine rings is 1. The van der Waals surface area contributed by atoms with Gasteiger partial charge in [-0.2, -0.15) is 4.31 Å². The van der Waals surface area contributed by atoms with Crippen molar-refractivity contribution in [2.75, 3.05) is 13.1 Å². The minimum atomic E-state index is -4.07. The number of ether oxygens (including phenoxy) is 1. The SMILES string of the molecule is NC(=O)c1cc(OC2CCCN(S(=O)(=O)c3cc(F)cc(F)c3)C2)ccn1. The van der Waals surface area contributed by atoms with E-state index in [1.165, 1.54) is 18.3 Å². The van der Waals surface area contributed by atoms with Crippen LogP contribution < -0.4 is 10.5 Å². The number of primary amides is 1. The second-order valence-electron chi connectivity index (χ2n) is 6.09. The number of amides is 1. The molecule has 1 unspecified atom stereocenters. The molecule has 0 radical (unpaired) electrons. The molecule has 10 heteroatoms. The third kappa shape index (κ3) is 4.40. The maximum absolute atomic E-state index is 13.4. The summed E-state index contributed by atoms with van der Waals surface area (Å²) in [6.07, 6.45) is 1.96. The number of piperidine rings is 1. The van der Waals surface area contributed by atoms with Crippen LogP contribution in [0.25, 0.3) is 0 Å². The highest BCUT2D eigenvalue weighted by atomic mass is 32.2. The molecule has 0 saturated carbocycles. The van der Waals surface area contributed by atoms with Gasteiger partial charge in [-0.1, -0.05) is 0 Å². The van der Waals surface area contributed by atoms with Gasteiger partial charge in [0.15, 0.2) is 0 Å². The number of nitrogens with zero attached hydrogens (tertiary/aromatic N) is 2. The van der Waals surface area contributed by atoms with E-state index < -0.39 is 38.6 Å². The molecule has 0 aliphatic carbocycles. The number of carbonyl (C=O) groups excluding carboxylic acids is 1. The van der Waals surface area contributed by atoms with E-state index in [1.807, 2.05) is 0 Å². The summed E-state index contributed by atoms with van der Waals surface area (Å²) in [6.45, 7) is 0.220. The van der Waals surface area contributed by atoms with Crippen molar-refractivity contribution in [3.63, 3.8) is 0 Å². The van der Waals surface area contributed by atoms with Crippen molar-refractivity contribution < 1.29 is 26.7 Å². The van der Waals surface area contributed by atoms with Gasteiger partial charge in [-0.05, 0) is 31.0 Å². The van der Waals surface area contributed by atoms with E-state index in [0.29, 0.717) is 24.7 Å². The summed E-state index contributed by atoms with van der Waals surface area (Å²) in [4.78, 5) is 14.6. The number of hydrogen-bond acceptors (Lipinski definition) is 5. The van der Waals surface area contributed by atoms with Gasteiger partial charge in [0.1, 0.15) is 29.2 Å². The summed E-state index contributed by atoms with van der Waals surface area (Å²) < 4.78 is 59.1. The molecule has 3 rings (SSSR count). The van der Waals surface area contributed by atoms with Crippen molar-refractivity contribution in [1.29, 1.82) is 0 Å². The second-order valence-corrected chi connectivity index (χ2v) is 8.03. The van der Waals surface area contributed by atoms with Crippen LogP contribution in [0, 0.1) is 11.6 Å². The first-order chi connectivity index (χ1) is 12.8. The van der Waals surface area contributed by atoms with Gasteiger partial charge in [0.2, 0.25) is 10.0 Å². The van der Waals surface area contributed by atoms with Gasteiger partial charge in [-0.3, -0.25) is 9.78 Å². The van der Waals surface area contributed by atoms with Crippen LogP contribution in [0.5, 0.6) is 5.75 Å². The molecule has 1 atom stereocenters. The Balaban J connectivity index is 1.77. The molecule has 27 heavy (non-hydrogen) atoms. The van der Waals surface area contributed by atoms with Crippen molar-refractivity contribution in [3.05, 3.63) is 53.9 Å². The van der Waals surface area contributed by atoms with E-state index in [0.717, 1.165) is 16.4 Å². The molecule has 1 amide bonds. The summed E-state index contributed by atoms with van der Waals surface area (Å²) >= 11 is 0. The highest BCUT2D eigenvalue weighted by Crippen LogP contribution is 2.25. The van der Waals surface area contributed by atoms with E-state index in [9.17, 15) is 22.0 Å². The summed E-state index contributed by atoms with van der Waals surface area (Å²) in [7, 11) is -4.07. The average molecular weight is 397 g/mol. The molecule has 1 aliphatic rings. The van der Waals surface area contributed by atoms with E-state index in [4.69, 9.17) is 10.5 Å². The van der Waals surface area contributed by atoms with Crippen molar-refractivity contribution in [1.82, 2.24) is 9.29 Å². The van der Waals surface area contributed by atoms with Gasteiger partial charge in [-0.15, -0.1) is 0 Å². The molecule has 1 fully saturated rings. The van der Waals surface area contributed by atoms with Crippen molar-refractivity contribution in [2.24, 2.45) is 5.73 Å². The Morgan fingerprint density at radius 1 is 1.22 bits per heavy atom. The molecule has 2 N–H and O–H groups in total. The fourth-order valence-electron chi connectivity index (χ4n) is 2.86. The lowest BCUT2D eigenvalue weighted by atomic mass is 10.1. The smallest absolute Gasteiger partial charge is 0.267 e. The number of benzene rings is 1. The lowest BCUT2D eigenvalue weighted by Gasteiger charge is -2.32. The summed E-state index contributed by atoms with van der Waals surface area (Å²) in [5, 5.41) is 0. The molecular weight excluding hydrogens is 380 g/mol. The predicted molar refractivity (Wildman–Crippen MR) is 91.5 cm³/mol. The van der Waals surface area contributed by atoms with Crippen molar-refractivity contribution in [2.45, 2.75) is 23.8 Å². The Labute approximate surface area is 154 Å². The van der Waals surface area contributed by atoms with Gasteiger partial charge >= 0.3 is 0 Å². The largest absolute Gasteiger partial charge is 0.489 e. The van der Waals surface area contributed by atoms with Gasteiger partial charge in [-0.25, -0.2) is 17.2 Å². The summed E-state index contributed by atoms with van der Waals surface area (Å²) in [5.41, 5.74) is 5.21. The summed E-state index contributed by atoms with van der Waals surface area (Å²) in [5.74, 6) is -2.30. The number of aromatic nitrogens is 1. The fraction of sp³-hybridized carbons (Fsp3) is 0.294. The monoisotopic (exact) mass is 397 g/mol. The number of rotatable bonds is 5. The van der Waals surface area contributed by atoms with Crippen LogP contribution in [0.2, 0.25) is 0 Å². The van der Waals surface area contributed by atoms with E-state index in [2.05, 4.69) is 4.98 Å². The molecule has 2 aromatic rings. The molecule has 1 aliphatic heterocycles. The molecule has 1 aromatic carbocycles. The van der Waals surface area contributed by atoms with Gasteiger partial charge in [0.05, 0.1) is 11.4 Å². The van der Waals surface area contributed by atoms with Crippen molar-refractivity contribution in [3.8, 4) is 5.75 Å². The Morgan fingerprint density at radius 2 is 1.93 bits per heavy atom. The minimum absolute atomic E-state index is 0.00862. The quantitative estimate of drug-likeness (QED) is 0.827. The van der Waals surface area contributed by atoms with E-state index in [1.54, 1.807) is 0 Å². The first-order valence-corrected chi connectivity index (χ1v) is 9.58. The third-order valence-electron chi connectivity index (χ3n) is 4.10. The molecule has 2 heterocycles. The number of halogens is 2. The van der Waals surface area contributed by atoms with E-state index >= 15 is 0 Å². The first-order valence-electron chi connectivity index (χ1n) is 8.14. The number of nitrogens with two attached hydrogens (primary N) is 1. The lowest BCUT2D eigenvalue weighted by Crippen LogP contribution is -2.44. The standard InChI is InChI=1S/C17H17F2N3O4S/c18-11-6-12(19)8-15(7-11)27(24,25)22-5-1-2-14(10-22)26-13-3-4-21-16(9-13)17(20)23/h3-4,6-9,14H,1-2,5,10H2,(H2,20,23). The fourth-order valence-corrected chi connectivity index (χ4v) is 4.41. The Morgan fingerprint density at radius 3 is 2.59 bits per heavy atom. The van der Waals surface area contributed by atoms with Crippen LogP contribution in [0.3, 0.4) is 0 Å². The Kier molecular flexibility index (Phi) is 5.38. The van der Waals surface area contributed by atoms with Gasteiger partial charge in [0, 0.05) is 24.9 Å². The maximum atomic E-state index is 13.4. The molecule has 0 spiro atoms. The highest BCUT2D eigenvalue weighted by Gasteiger charge is 2.32. The Bertz CT molecular complexity index is 948. The number of carbonyl (C=O) groups is 1. The minimum Gasteiger partial charge on any atom is -0.489 e. The number of sulfonamides is 1.